The van der Waals surface area contributed by atoms with Gasteiger partial charge >= 0.3 is 0 Å². The molecule has 6 nitrogen and oxygen atoms in total. The van der Waals surface area contributed by atoms with Crippen LogP contribution in [0.5, 0.6) is 5.75 Å². The lowest BCUT2D eigenvalue weighted by Gasteiger charge is -2.13. The van der Waals surface area contributed by atoms with Crippen LogP contribution in [0, 0.1) is 11.3 Å². The number of nitrogens with zero attached hydrogens (tertiary/aromatic N) is 2. The van der Waals surface area contributed by atoms with E-state index in [0.717, 1.165) is 22.5 Å². The number of ether oxygens (including phenoxy) is 1. The Labute approximate surface area is 206 Å². The van der Waals surface area contributed by atoms with Crippen LogP contribution in [0.4, 0.5) is 0 Å². The molecule has 0 spiro atoms. The molecule has 0 aliphatic heterocycles. The van der Waals surface area contributed by atoms with Gasteiger partial charge in [-0.05, 0) is 36.8 Å². The fourth-order valence-electron chi connectivity index (χ4n) is 3.68. The summed E-state index contributed by atoms with van der Waals surface area (Å²) < 4.78 is 7.47. The van der Waals surface area contributed by atoms with Crippen molar-refractivity contribution in [2.24, 2.45) is 0 Å². The number of methoxy groups -OCH3 is 1. The summed E-state index contributed by atoms with van der Waals surface area (Å²) in [7, 11) is 1.56. The molecule has 0 saturated carbocycles. The van der Waals surface area contributed by atoms with E-state index in [2.05, 4.69) is 5.32 Å². The van der Waals surface area contributed by atoms with E-state index in [1.165, 1.54) is 4.57 Å². The van der Waals surface area contributed by atoms with E-state index in [4.69, 9.17) is 4.74 Å². The Kier molecular flexibility index (Phi) is 7.24. The van der Waals surface area contributed by atoms with Gasteiger partial charge < -0.3 is 10.1 Å². The monoisotopic (exact) mass is 481 g/mol. The number of carbonyl (C=O) groups is 1. The van der Waals surface area contributed by atoms with Crippen molar-refractivity contribution >= 4 is 28.9 Å². The molecule has 0 saturated heterocycles. The molecule has 1 amide bonds. The summed E-state index contributed by atoms with van der Waals surface area (Å²) in [4.78, 5) is 26.7. The highest BCUT2D eigenvalue weighted by Crippen LogP contribution is 2.17. The zero-order valence-corrected chi connectivity index (χ0v) is 20.1. The Morgan fingerprint density at radius 2 is 1.66 bits per heavy atom. The maximum atomic E-state index is 13.5. The molecule has 1 N–H and O–H groups in total. The number of aromatic nitrogens is 1. The average Bonchev–Trinajstić information content (AvgIpc) is 3.21. The van der Waals surface area contributed by atoms with Crippen LogP contribution < -0.4 is 24.8 Å². The molecule has 0 unspecified atom stereocenters. The molecule has 1 atom stereocenters. The summed E-state index contributed by atoms with van der Waals surface area (Å²) in [6.07, 6.45) is 1.72. The van der Waals surface area contributed by atoms with Crippen LogP contribution in [0.3, 0.4) is 0 Å². The predicted octanol–water partition coefficient (Wildman–Crippen LogP) is 3.29. The van der Waals surface area contributed by atoms with Gasteiger partial charge in [-0.2, -0.15) is 5.26 Å². The van der Waals surface area contributed by atoms with Gasteiger partial charge in [-0.15, -0.1) is 11.3 Å². The molecule has 0 radical (unpaired) electrons. The molecule has 0 aliphatic rings. The Morgan fingerprint density at radius 3 is 2.31 bits per heavy atom. The number of hydrogen-bond acceptors (Lipinski definition) is 5. The van der Waals surface area contributed by atoms with Gasteiger partial charge in [0.05, 0.1) is 23.4 Å². The Bertz CT molecular complexity index is 1570. The van der Waals surface area contributed by atoms with Gasteiger partial charge in [0.25, 0.3) is 11.5 Å². The van der Waals surface area contributed by atoms with Crippen LogP contribution in [0.2, 0.25) is 0 Å². The van der Waals surface area contributed by atoms with Crippen molar-refractivity contribution in [3.05, 3.63) is 116 Å². The van der Waals surface area contributed by atoms with Crippen LogP contribution in [0.1, 0.15) is 24.1 Å². The SMILES string of the molecule is COc1ccccc1/C=c1/s/c(=C(\C#N)C(=O)N[C@H](C)c2ccccc2)n(-c2ccccc2)c1=O. The molecule has 1 heterocycles. The number of rotatable bonds is 6. The molecule has 4 aromatic rings. The van der Waals surface area contributed by atoms with E-state index in [-0.39, 0.29) is 21.8 Å². The molecule has 3 aromatic carbocycles. The van der Waals surface area contributed by atoms with Gasteiger partial charge in [-0.25, -0.2) is 0 Å². The molecule has 7 heteroatoms. The summed E-state index contributed by atoms with van der Waals surface area (Å²) in [5.41, 5.74) is 1.76. The van der Waals surface area contributed by atoms with Crippen LogP contribution in [0.15, 0.2) is 89.7 Å². The molecule has 35 heavy (non-hydrogen) atoms. The maximum absolute atomic E-state index is 13.5. The smallest absolute Gasteiger partial charge is 0.273 e. The average molecular weight is 482 g/mol. The van der Waals surface area contributed by atoms with Crippen molar-refractivity contribution in [2.45, 2.75) is 13.0 Å². The van der Waals surface area contributed by atoms with Crippen molar-refractivity contribution in [1.29, 1.82) is 5.26 Å². The topological polar surface area (TPSA) is 84.1 Å². The minimum atomic E-state index is -0.543. The fourth-order valence-corrected chi connectivity index (χ4v) is 4.77. The van der Waals surface area contributed by atoms with Gasteiger partial charge in [0, 0.05) is 5.56 Å². The van der Waals surface area contributed by atoms with Crippen LogP contribution in [-0.4, -0.2) is 17.6 Å². The number of nitrogens with one attached hydrogen (secondary N) is 1. The van der Waals surface area contributed by atoms with Gasteiger partial charge in [0.15, 0.2) is 5.57 Å². The van der Waals surface area contributed by atoms with Crippen molar-refractivity contribution in [3.8, 4) is 17.5 Å². The third kappa shape index (κ3) is 5.08. The van der Waals surface area contributed by atoms with E-state index >= 15 is 0 Å². The van der Waals surface area contributed by atoms with E-state index < -0.39 is 5.91 Å². The lowest BCUT2D eigenvalue weighted by molar-refractivity contribution is -0.116. The number of carbonyl (C=O) groups excluding carboxylic acids is 1. The first-order chi connectivity index (χ1) is 17.0. The third-order valence-corrected chi connectivity index (χ3v) is 6.56. The first-order valence-electron chi connectivity index (χ1n) is 11.0. The fraction of sp³-hybridized carbons (Fsp3) is 0.107. The highest BCUT2D eigenvalue weighted by molar-refractivity contribution is 7.07. The van der Waals surface area contributed by atoms with Gasteiger partial charge in [-0.1, -0.05) is 66.7 Å². The highest BCUT2D eigenvalue weighted by atomic mass is 32.1. The molecule has 1 aromatic heterocycles. The number of para-hydroxylation sites is 2. The Balaban J connectivity index is 1.92. The molecule has 174 valence electrons. The lowest BCUT2D eigenvalue weighted by Crippen LogP contribution is -2.34. The second-order valence-electron chi connectivity index (χ2n) is 7.73. The zero-order valence-electron chi connectivity index (χ0n) is 19.3. The molecular formula is C28H23N3O3S. The third-order valence-electron chi connectivity index (χ3n) is 5.46. The van der Waals surface area contributed by atoms with Crippen LogP contribution >= 0.6 is 11.3 Å². The number of nitriles is 1. The van der Waals surface area contributed by atoms with Crippen LogP contribution in [0.25, 0.3) is 17.3 Å². The second kappa shape index (κ2) is 10.7. The number of benzene rings is 3. The maximum Gasteiger partial charge on any atom is 0.273 e. The van der Waals surface area contributed by atoms with E-state index in [0.29, 0.717) is 16.0 Å². The Hall–Kier alpha value is -4.41. The number of hydrogen-bond donors (Lipinski definition) is 1. The van der Waals surface area contributed by atoms with Crippen molar-refractivity contribution < 1.29 is 9.53 Å². The van der Waals surface area contributed by atoms with E-state index in [9.17, 15) is 14.9 Å². The minimum absolute atomic E-state index is 0.126. The van der Waals surface area contributed by atoms with Crippen molar-refractivity contribution in [3.63, 3.8) is 0 Å². The van der Waals surface area contributed by atoms with Crippen molar-refractivity contribution in [1.82, 2.24) is 9.88 Å². The van der Waals surface area contributed by atoms with E-state index in [1.54, 1.807) is 43.5 Å². The molecule has 0 bridgehead atoms. The summed E-state index contributed by atoms with van der Waals surface area (Å²) in [6.45, 7) is 1.85. The summed E-state index contributed by atoms with van der Waals surface area (Å²) in [6, 6.07) is 27.5. The van der Waals surface area contributed by atoms with E-state index in [1.807, 2.05) is 67.6 Å². The number of thiazole rings is 1. The minimum Gasteiger partial charge on any atom is -0.496 e. The molecular weight excluding hydrogens is 458 g/mol. The lowest BCUT2D eigenvalue weighted by atomic mass is 10.1. The van der Waals surface area contributed by atoms with Gasteiger partial charge in [0.2, 0.25) is 0 Å². The highest BCUT2D eigenvalue weighted by Gasteiger charge is 2.19. The molecule has 0 fully saturated rings. The second-order valence-corrected chi connectivity index (χ2v) is 8.76. The van der Waals surface area contributed by atoms with Crippen molar-refractivity contribution in [2.75, 3.05) is 7.11 Å². The van der Waals surface area contributed by atoms with Gasteiger partial charge in [-0.3, -0.25) is 14.2 Å². The predicted molar refractivity (Wildman–Crippen MR) is 138 cm³/mol. The summed E-state index contributed by atoms with van der Waals surface area (Å²) in [5, 5.41) is 12.9. The first kappa shape index (κ1) is 23.7. The van der Waals surface area contributed by atoms with Gasteiger partial charge in [0.1, 0.15) is 16.5 Å². The first-order valence-corrected chi connectivity index (χ1v) is 11.8. The summed E-state index contributed by atoms with van der Waals surface area (Å²) in [5.74, 6) is 0.0747. The zero-order chi connectivity index (χ0) is 24.8. The number of amides is 1. The largest absolute Gasteiger partial charge is 0.496 e. The Morgan fingerprint density at radius 1 is 1.03 bits per heavy atom. The molecule has 0 aliphatic carbocycles. The summed E-state index contributed by atoms with van der Waals surface area (Å²) >= 11 is 1.10. The van der Waals surface area contributed by atoms with Crippen LogP contribution in [-0.2, 0) is 4.79 Å². The quantitative estimate of drug-likeness (QED) is 0.458. The standard InChI is InChI=1S/C28H23N3O3S/c1-19(20-11-5-3-6-12-20)30-26(32)23(18-29)28-31(22-14-7-4-8-15-22)27(33)25(35-28)17-21-13-9-10-16-24(21)34-2/h3-17,19H,1-2H3,(H,30,32)/b25-17+,28-23+/t19-/m1/s1. The normalized spacial score (nSPS) is 13.0. The molecule has 4 rings (SSSR count).